The van der Waals surface area contributed by atoms with Crippen LogP contribution in [0.1, 0.15) is 35.3 Å². The number of hydrogen-bond acceptors (Lipinski definition) is 3. The first kappa shape index (κ1) is 18.2. The predicted octanol–water partition coefficient (Wildman–Crippen LogP) is 3.12. The molecule has 1 amide bonds. The Morgan fingerprint density at radius 3 is 2.33 bits per heavy atom. The van der Waals surface area contributed by atoms with Crippen LogP contribution in [0.3, 0.4) is 0 Å². The highest BCUT2D eigenvalue weighted by Gasteiger charge is 2.17. The molecule has 128 valence electrons. The van der Waals surface area contributed by atoms with Crippen molar-refractivity contribution < 1.29 is 9.53 Å². The molecule has 0 radical (unpaired) electrons. The zero-order valence-corrected chi connectivity index (χ0v) is 14.4. The number of primary amides is 1. The summed E-state index contributed by atoms with van der Waals surface area (Å²) in [5.74, 6) is -0.409. The average molecular weight is 326 g/mol. The summed E-state index contributed by atoms with van der Waals surface area (Å²) in [5.41, 5.74) is 8.11. The summed E-state index contributed by atoms with van der Waals surface area (Å²) < 4.78 is 5.83. The van der Waals surface area contributed by atoms with E-state index in [2.05, 4.69) is 43.4 Å². The Morgan fingerprint density at radius 2 is 1.71 bits per heavy atom. The van der Waals surface area contributed by atoms with Gasteiger partial charge in [0.15, 0.2) is 0 Å². The summed E-state index contributed by atoms with van der Waals surface area (Å²) in [6.45, 7) is 7.29. The lowest BCUT2D eigenvalue weighted by atomic mass is 9.94. The number of rotatable bonds is 9. The molecular weight excluding hydrogens is 300 g/mol. The van der Waals surface area contributed by atoms with Crippen molar-refractivity contribution in [3.05, 3.63) is 71.3 Å². The second kappa shape index (κ2) is 8.62. The lowest BCUT2D eigenvalue weighted by molar-refractivity contribution is 0.0511. The van der Waals surface area contributed by atoms with Gasteiger partial charge in [-0.25, -0.2) is 0 Å². The first-order valence-electron chi connectivity index (χ1n) is 8.17. The van der Waals surface area contributed by atoms with Gasteiger partial charge in [-0.3, -0.25) is 4.79 Å². The smallest absolute Gasteiger partial charge is 0.248 e. The van der Waals surface area contributed by atoms with Crippen molar-refractivity contribution in [2.24, 2.45) is 11.1 Å². The highest BCUT2D eigenvalue weighted by atomic mass is 16.5. The van der Waals surface area contributed by atoms with Gasteiger partial charge in [-0.2, -0.15) is 0 Å². The Hall–Kier alpha value is -2.17. The Labute approximate surface area is 144 Å². The highest BCUT2D eigenvalue weighted by Crippen LogP contribution is 2.16. The molecule has 0 aliphatic carbocycles. The standard InChI is InChI=1S/C20H26N2O2/c1-20(2,14-22-12-16-6-4-3-5-7-16)15-24-13-17-8-10-18(11-9-17)19(21)23/h3-11,22H,12-15H2,1-2H3,(H2,21,23). The minimum atomic E-state index is -0.409. The second-order valence-electron chi connectivity index (χ2n) is 6.81. The molecule has 2 aromatic rings. The Bertz CT molecular complexity index is 636. The van der Waals surface area contributed by atoms with Crippen molar-refractivity contribution in [2.45, 2.75) is 27.0 Å². The van der Waals surface area contributed by atoms with Gasteiger partial charge in [0.25, 0.3) is 0 Å². The summed E-state index contributed by atoms with van der Waals surface area (Å²) in [6, 6.07) is 17.6. The lowest BCUT2D eigenvalue weighted by Gasteiger charge is -2.25. The number of carbonyl (C=O) groups excluding carboxylic acids is 1. The summed E-state index contributed by atoms with van der Waals surface area (Å²) in [6.07, 6.45) is 0. The molecule has 0 aliphatic rings. The van der Waals surface area contributed by atoms with Crippen molar-refractivity contribution in [1.82, 2.24) is 5.32 Å². The summed E-state index contributed by atoms with van der Waals surface area (Å²) in [5, 5.41) is 3.48. The molecule has 4 nitrogen and oxygen atoms in total. The van der Waals surface area contributed by atoms with Crippen LogP contribution < -0.4 is 11.1 Å². The molecule has 0 saturated heterocycles. The van der Waals surface area contributed by atoms with E-state index < -0.39 is 5.91 Å². The molecule has 0 fully saturated rings. The molecule has 0 bridgehead atoms. The van der Waals surface area contributed by atoms with Crippen LogP contribution in [0.15, 0.2) is 54.6 Å². The number of hydrogen-bond donors (Lipinski definition) is 2. The molecule has 0 unspecified atom stereocenters. The third kappa shape index (κ3) is 6.14. The minimum Gasteiger partial charge on any atom is -0.376 e. The molecule has 0 spiro atoms. The van der Waals surface area contributed by atoms with Crippen LogP contribution in [-0.2, 0) is 17.9 Å². The van der Waals surface area contributed by atoms with E-state index in [4.69, 9.17) is 10.5 Å². The molecule has 2 aromatic carbocycles. The summed E-state index contributed by atoms with van der Waals surface area (Å²) in [7, 11) is 0. The molecule has 3 N–H and O–H groups in total. The number of benzene rings is 2. The van der Waals surface area contributed by atoms with Crippen molar-refractivity contribution in [3.63, 3.8) is 0 Å². The number of nitrogens with two attached hydrogens (primary N) is 1. The molecule has 2 rings (SSSR count). The lowest BCUT2D eigenvalue weighted by Crippen LogP contribution is -2.33. The quantitative estimate of drug-likeness (QED) is 0.744. The van der Waals surface area contributed by atoms with Crippen LogP contribution in [0.2, 0.25) is 0 Å². The molecule has 24 heavy (non-hydrogen) atoms. The van der Waals surface area contributed by atoms with Gasteiger partial charge in [-0.15, -0.1) is 0 Å². The zero-order valence-electron chi connectivity index (χ0n) is 14.4. The Morgan fingerprint density at radius 1 is 1.04 bits per heavy atom. The normalized spacial score (nSPS) is 11.4. The van der Waals surface area contributed by atoms with Gasteiger partial charge >= 0.3 is 0 Å². The van der Waals surface area contributed by atoms with Crippen molar-refractivity contribution in [1.29, 1.82) is 0 Å². The van der Waals surface area contributed by atoms with Crippen LogP contribution in [0, 0.1) is 5.41 Å². The van der Waals surface area contributed by atoms with E-state index >= 15 is 0 Å². The van der Waals surface area contributed by atoms with E-state index in [1.807, 2.05) is 18.2 Å². The largest absolute Gasteiger partial charge is 0.376 e. The molecule has 0 heterocycles. The van der Waals surface area contributed by atoms with Crippen LogP contribution in [0.25, 0.3) is 0 Å². The topological polar surface area (TPSA) is 64.3 Å². The fourth-order valence-corrected chi connectivity index (χ4v) is 2.40. The zero-order chi connectivity index (χ0) is 17.4. The van der Waals surface area contributed by atoms with Crippen molar-refractivity contribution in [2.75, 3.05) is 13.2 Å². The van der Waals surface area contributed by atoms with E-state index in [1.165, 1.54) is 5.56 Å². The maximum Gasteiger partial charge on any atom is 0.248 e. The van der Waals surface area contributed by atoms with E-state index in [9.17, 15) is 4.79 Å². The number of amides is 1. The predicted molar refractivity (Wildman–Crippen MR) is 96.5 cm³/mol. The molecule has 0 aliphatic heterocycles. The summed E-state index contributed by atoms with van der Waals surface area (Å²) in [4.78, 5) is 11.0. The molecule has 0 saturated carbocycles. The van der Waals surface area contributed by atoms with Crippen LogP contribution in [0.5, 0.6) is 0 Å². The number of ether oxygens (including phenoxy) is 1. The SMILES string of the molecule is CC(C)(CNCc1ccccc1)COCc1ccc(C(N)=O)cc1. The average Bonchev–Trinajstić information content (AvgIpc) is 2.56. The molecule has 0 aromatic heterocycles. The van der Waals surface area contributed by atoms with Crippen molar-refractivity contribution in [3.8, 4) is 0 Å². The third-order valence-electron chi connectivity index (χ3n) is 3.78. The van der Waals surface area contributed by atoms with Crippen LogP contribution in [0.4, 0.5) is 0 Å². The third-order valence-corrected chi connectivity index (χ3v) is 3.78. The number of nitrogens with one attached hydrogen (secondary N) is 1. The van der Waals surface area contributed by atoms with E-state index in [0.29, 0.717) is 18.8 Å². The monoisotopic (exact) mass is 326 g/mol. The Kier molecular flexibility index (Phi) is 6.53. The Balaban J connectivity index is 1.70. The van der Waals surface area contributed by atoms with Crippen LogP contribution in [-0.4, -0.2) is 19.1 Å². The second-order valence-corrected chi connectivity index (χ2v) is 6.81. The first-order chi connectivity index (χ1) is 11.5. The molecule has 0 atom stereocenters. The first-order valence-corrected chi connectivity index (χ1v) is 8.17. The van der Waals surface area contributed by atoms with E-state index in [1.54, 1.807) is 12.1 Å². The highest BCUT2D eigenvalue weighted by molar-refractivity contribution is 5.92. The van der Waals surface area contributed by atoms with Gasteiger partial charge < -0.3 is 15.8 Å². The van der Waals surface area contributed by atoms with E-state index in [-0.39, 0.29) is 5.41 Å². The fraction of sp³-hybridized carbons (Fsp3) is 0.350. The maximum atomic E-state index is 11.0. The van der Waals surface area contributed by atoms with E-state index in [0.717, 1.165) is 18.7 Å². The fourth-order valence-electron chi connectivity index (χ4n) is 2.40. The summed E-state index contributed by atoms with van der Waals surface area (Å²) >= 11 is 0. The van der Waals surface area contributed by atoms with Gasteiger partial charge in [-0.1, -0.05) is 56.3 Å². The van der Waals surface area contributed by atoms with Crippen LogP contribution >= 0.6 is 0 Å². The van der Waals surface area contributed by atoms with Gasteiger partial charge in [0, 0.05) is 24.1 Å². The minimum absolute atomic E-state index is 0.0436. The van der Waals surface area contributed by atoms with Gasteiger partial charge in [0.1, 0.15) is 0 Å². The molecular formula is C20H26N2O2. The van der Waals surface area contributed by atoms with Gasteiger partial charge in [0.2, 0.25) is 5.91 Å². The maximum absolute atomic E-state index is 11.0. The molecule has 4 heteroatoms. The van der Waals surface area contributed by atoms with Gasteiger partial charge in [0.05, 0.1) is 13.2 Å². The number of carbonyl (C=O) groups is 1. The van der Waals surface area contributed by atoms with Crippen molar-refractivity contribution >= 4 is 5.91 Å². The van der Waals surface area contributed by atoms with Gasteiger partial charge in [-0.05, 0) is 23.3 Å².